The largest absolute Gasteiger partial charge is 0.497 e. The molecule has 104 valence electrons. The average Bonchev–Trinajstić information content (AvgIpc) is 2.44. The first-order chi connectivity index (χ1) is 9.58. The Kier molecular flexibility index (Phi) is 4.41. The van der Waals surface area contributed by atoms with Gasteiger partial charge in [0.25, 0.3) is 0 Å². The SMILES string of the molecule is COc1ccc(C(=O)COc2cc(C)cc(C)c2)cc1. The first-order valence-corrected chi connectivity index (χ1v) is 6.47. The van der Waals surface area contributed by atoms with Gasteiger partial charge in [0, 0.05) is 5.56 Å². The summed E-state index contributed by atoms with van der Waals surface area (Å²) in [6, 6.07) is 12.9. The third kappa shape index (κ3) is 3.60. The third-order valence-electron chi connectivity index (χ3n) is 2.98. The number of aryl methyl sites for hydroxylation is 2. The number of ketones is 1. The van der Waals surface area contributed by atoms with Gasteiger partial charge in [-0.25, -0.2) is 0 Å². The summed E-state index contributed by atoms with van der Waals surface area (Å²) in [4.78, 5) is 12.0. The number of rotatable bonds is 5. The molecule has 0 radical (unpaired) electrons. The molecule has 0 saturated carbocycles. The summed E-state index contributed by atoms with van der Waals surface area (Å²) in [6.45, 7) is 4.05. The van der Waals surface area contributed by atoms with Crippen LogP contribution in [0.15, 0.2) is 42.5 Å². The van der Waals surface area contributed by atoms with Crippen LogP contribution in [0.3, 0.4) is 0 Å². The predicted octanol–water partition coefficient (Wildman–Crippen LogP) is 3.57. The highest BCUT2D eigenvalue weighted by molar-refractivity contribution is 5.97. The lowest BCUT2D eigenvalue weighted by Crippen LogP contribution is -2.11. The molecule has 0 spiro atoms. The summed E-state index contributed by atoms with van der Waals surface area (Å²) in [5, 5.41) is 0. The fraction of sp³-hybridized carbons (Fsp3) is 0.235. The highest BCUT2D eigenvalue weighted by Crippen LogP contribution is 2.17. The van der Waals surface area contributed by atoms with Crippen molar-refractivity contribution in [2.75, 3.05) is 13.7 Å². The molecule has 0 fully saturated rings. The van der Waals surface area contributed by atoms with Gasteiger partial charge < -0.3 is 9.47 Å². The third-order valence-corrected chi connectivity index (χ3v) is 2.98. The molecule has 0 aliphatic carbocycles. The van der Waals surface area contributed by atoms with Crippen LogP contribution in [0.1, 0.15) is 21.5 Å². The van der Waals surface area contributed by atoms with Crippen molar-refractivity contribution in [3.63, 3.8) is 0 Å². The van der Waals surface area contributed by atoms with Crippen molar-refractivity contribution in [1.29, 1.82) is 0 Å². The molecule has 20 heavy (non-hydrogen) atoms. The van der Waals surface area contributed by atoms with Gasteiger partial charge in [0.15, 0.2) is 12.4 Å². The second-order valence-electron chi connectivity index (χ2n) is 4.76. The van der Waals surface area contributed by atoms with Crippen LogP contribution in [0.4, 0.5) is 0 Å². The summed E-state index contributed by atoms with van der Waals surface area (Å²) >= 11 is 0. The van der Waals surface area contributed by atoms with Crippen LogP contribution in [0.5, 0.6) is 11.5 Å². The number of Topliss-reactive ketones (excluding diaryl/α,β-unsaturated/α-hetero) is 1. The summed E-state index contributed by atoms with van der Waals surface area (Å²) in [7, 11) is 1.60. The summed E-state index contributed by atoms with van der Waals surface area (Å²) in [6.07, 6.45) is 0. The first-order valence-electron chi connectivity index (χ1n) is 6.47. The summed E-state index contributed by atoms with van der Waals surface area (Å²) < 4.78 is 10.6. The molecule has 0 heterocycles. The molecule has 3 nitrogen and oxygen atoms in total. The van der Waals surface area contributed by atoms with Crippen LogP contribution in [-0.4, -0.2) is 19.5 Å². The molecule has 0 amide bonds. The molecule has 0 atom stereocenters. The number of benzene rings is 2. The van der Waals surface area contributed by atoms with E-state index < -0.39 is 0 Å². The average molecular weight is 270 g/mol. The van der Waals surface area contributed by atoms with Crippen LogP contribution in [0.25, 0.3) is 0 Å². The number of hydrogen-bond donors (Lipinski definition) is 0. The highest BCUT2D eigenvalue weighted by atomic mass is 16.5. The lowest BCUT2D eigenvalue weighted by molar-refractivity contribution is 0.0921. The predicted molar refractivity (Wildman–Crippen MR) is 78.7 cm³/mol. The smallest absolute Gasteiger partial charge is 0.200 e. The molecular weight excluding hydrogens is 252 g/mol. The van der Waals surface area contributed by atoms with E-state index in [1.54, 1.807) is 31.4 Å². The molecule has 2 aromatic rings. The molecule has 2 rings (SSSR count). The maximum atomic E-state index is 12.0. The van der Waals surface area contributed by atoms with Crippen LogP contribution in [0.2, 0.25) is 0 Å². The van der Waals surface area contributed by atoms with Crippen molar-refractivity contribution < 1.29 is 14.3 Å². The summed E-state index contributed by atoms with van der Waals surface area (Å²) in [5.41, 5.74) is 2.86. The van der Waals surface area contributed by atoms with E-state index in [0.717, 1.165) is 22.6 Å². The molecule has 0 aromatic heterocycles. The number of carbonyl (C=O) groups excluding carboxylic acids is 1. The topological polar surface area (TPSA) is 35.5 Å². The quantitative estimate of drug-likeness (QED) is 0.779. The normalized spacial score (nSPS) is 10.2. The Morgan fingerprint density at radius 3 is 2.10 bits per heavy atom. The zero-order chi connectivity index (χ0) is 14.5. The van der Waals surface area contributed by atoms with Gasteiger partial charge in [0.1, 0.15) is 11.5 Å². The monoisotopic (exact) mass is 270 g/mol. The minimum atomic E-state index is -0.0492. The Morgan fingerprint density at radius 1 is 0.950 bits per heavy atom. The Labute approximate surface area is 119 Å². The van der Waals surface area contributed by atoms with E-state index in [-0.39, 0.29) is 12.4 Å². The Hall–Kier alpha value is -2.29. The van der Waals surface area contributed by atoms with Gasteiger partial charge in [-0.15, -0.1) is 0 Å². The second-order valence-corrected chi connectivity index (χ2v) is 4.76. The Balaban J connectivity index is 2.00. The minimum absolute atomic E-state index is 0.0369. The fourth-order valence-corrected chi connectivity index (χ4v) is 2.03. The second kappa shape index (κ2) is 6.24. The molecule has 0 N–H and O–H groups in total. The Bertz CT molecular complexity index is 580. The molecule has 0 aliphatic rings. The van der Waals surface area contributed by atoms with Crippen LogP contribution in [0, 0.1) is 13.8 Å². The van der Waals surface area contributed by atoms with E-state index in [2.05, 4.69) is 6.07 Å². The van der Waals surface area contributed by atoms with Gasteiger partial charge in [-0.1, -0.05) is 6.07 Å². The fourth-order valence-electron chi connectivity index (χ4n) is 2.03. The molecular formula is C17H18O3. The van der Waals surface area contributed by atoms with Crippen molar-refractivity contribution in [3.8, 4) is 11.5 Å². The van der Waals surface area contributed by atoms with Crippen LogP contribution < -0.4 is 9.47 Å². The maximum absolute atomic E-state index is 12.0. The minimum Gasteiger partial charge on any atom is -0.497 e. The molecule has 0 bridgehead atoms. The zero-order valence-electron chi connectivity index (χ0n) is 12.0. The summed E-state index contributed by atoms with van der Waals surface area (Å²) in [5.74, 6) is 1.41. The van der Waals surface area contributed by atoms with Gasteiger partial charge in [-0.3, -0.25) is 4.79 Å². The van der Waals surface area contributed by atoms with E-state index in [0.29, 0.717) is 5.56 Å². The van der Waals surface area contributed by atoms with Gasteiger partial charge in [0.05, 0.1) is 7.11 Å². The zero-order valence-corrected chi connectivity index (χ0v) is 12.0. The molecule has 0 aliphatic heterocycles. The number of hydrogen-bond acceptors (Lipinski definition) is 3. The first kappa shape index (κ1) is 14.1. The number of methoxy groups -OCH3 is 1. The lowest BCUT2D eigenvalue weighted by atomic mass is 10.1. The number of ether oxygens (including phenoxy) is 2. The van der Waals surface area contributed by atoms with Crippen LogP contribution >= 0.6 is 0 Å². The molecule has 2 aromatic carbocycles. The van der Waals surface area contributed by atoms with E-state index in [1.807, 2.05) is 26.0 Å². The van der Waals surface area contributed by atoms with Gasteiger partial charge >= 0.3 is 0 Å². The van der Waals surface area contributed by atoms with Crippen LogP contribution in [-0.2, 0) is 0 Å². The standard InChI is InChI=1S/C17H18O3/c1-12-8-13(2)10-16(9-12)20-11-17(18)14-4-6-15(19-3)7-5-14/h4-10H,11H2,1-3H3. The van der Waals surface area contributed by atoms with Gasteiger partial charge in [0.2, 0.25) is 0 Å². The highest BCUT2D eigenvalue weighted by Gasteiger charge is 2.07. The molecule has 0 saturated heterocycles. The van der Waals surface area contributed by atoms with Gasteiger partial charge in [-0.05, 0) is 61.4 Å². The van der Waals surface area contributed by atoms with E-state index in [9.17, 15) is 4.79 Å². The molecule has 3 heteroatoms. The van der Waals surface area contributed by atoms with E-state index in [4.69, 9.17) is 9.47 Å². The van der Waals surface area contributed by atoms with Crippen molar-refractivity contribution in [1.82, 2.24) is 0 Å². The van der Waals surface area contributed by atoms with E-state index >= 15 is 0 Å². The molecule has 0 unspecified atom stereocenters. The number of carbonyl (C=O) groups is 1. The van der Waals surface area contributed by atoms with Crippen molar-refractivity contribution >= 4 is 5.78 Å². The van der Waals surface area contributed by atoms with E-state index in [1.165, 1.54) is 0 Å². The van der Waals surface area contributed by atoms with Crippen molar-refractivity contribution in [2.45, 2.75) is 13.8 Å². The van der Waals surface area contributed by atoms with Crippen molar-refractivity contribution in [3.05, 3.63) is 59.2 Å². The Morgan fingerprint density at radius 2 is 1.55 bits per heavy atom. The van der Waals surface area contributed by atoms with Crippen molar-refractivity contribution in [2.24, 2.45) is 0 Å². The van der Waals surface area contributed by atoms with Gasteiger partial charge in [-0.2, -0.15) is 0 Å². The lowest BCUT2D eigenvalue weighted by Gasteiger charge is -2.08. The maximum Gasteiger partial charge on any atom is 0.200 e.